The zero-order valence-electron chi connectivity index (χ0n) is 14.5. The number of carbonyl (C=O) groups is 2. The summed E-state index contributed by atoms with van der Waals surface area (Å²) in [5.74, 6) is 0.112. The Kier molecular flexibility index (Phi) is 5.59. The zero-order valence-corrected chi connectivity index (χ0v) is 15.3. The highest BCUT2D eigenvalue weighted by molar-refractivity contribution is 6.29. The van der Waals surface area contributed by atoms with Crippen LogP contribution in [0.15, 0.2) is 18.2 Å². The van der Waals surface area contributed by atoms with Crippen LogP contribution in [0.2, 0.25) is 5.15 Å². The van der Waals surface area contributed by atoms with Gasteiger partial charge in [0.1, 0.15) is 10.8 Å². The van der Waals surface area contributed by atoms with E-state index in [2.05, 4.69) is 4.98 Å². The van der Waals surface area contributed by atoms with Gasteiger partial charge >= 0.3 is 0 Å². The average Bonchev–Trinajstić information content (AvgIpc) is 2.63. The van der Waals surface area contributed by atoms with E-state index in [0.717, 1.165) is 19.4 Å². The summed E-state index contributed by atoms with van der Waals surface area (Å²) in [6.07, 6.45) is 3.34. The molecule has 2 amide bonds. The second kappa shape index (κ2) is 7.70. The van der Waals surface area contributed by atoms with Crippen molar-refractivity contribution < 1.29 is 14.3 Å². The molecule has 0 unspecified atom stereocenters. The largest absolute Gasteiger partial charge is 0.383 e. The van der Waals surface area contributed by atoms with E-state index in [0.29, 0.717) is 49.9 Å². The summed E-state index contributed by atoms with van der Waals surface area (Å²) in [5.41, 5.74) is 0.0463. The minimum atomic E-state index is -0.315. The number of aromatic nitrogens is 1. The highest BCUT2D eigenvalue weighted by Crippen LogP contribution is 2.41. The summed E-state index contributed by atoms with van der Waals surface area (Å²) in [4.78, 5) is 33.3. The number of halogens is 1. The molecule has 0 radical (unpaired) electrons. The van der Waals surface area contributed by atoms with Gasteiger partial charge in [0.15, 0.2) is 0 Å². The smallest absolute Gasteiger partial charge is 0.272 e. The predicted molar refractivity (Wildman–Crippen MR) is 94.5 cm³/mol. The molecule has 2 saturated heterocycles. The van der Waals surface area contributed by atoms with Gasteiger partial charge in [0.2, 0.25) is 5.91 Å². The van der Waals surface area contributed by atoms with Crippen molar-refractivity contribution in [3.8, 4) is 0 Å². The van der Waals surface area contributed by atoms with Crippen molar-refractivity contribution in [3.63, 3.8) is 0 Å². The fourth-order valence-electron chi connectivity index (χ4n) is 3.86. The fourth-order valence-corrected chi connectivity index (χ4v) is 4.02. The van der Waals surface area contributed by atoms with Gasteiger partial charge in [-0.15, -0.1) is 0 Å². The van der Waals surface area contributed by atoms with Crippen molar-refractivity contribution in [2.24, 2.45) is 5.41 Å². The maximum atomic E-state index is 12.9. The molecule has 0 N–H and O–H groups in total. The molecule has 0 atom stereocenters. The van der Waals surface area contributed by atoms with E-state index < -0.39 is 0 Å². The van der Waals surface area contributed by atoms with Crippen LogP contribution in [0.1, 0.15) is 36.2 Å². The highest BCUT2D eigenvalue weighted by atomic mass is 35.5. The first-order chi connectivity index (χ1) is 12.1. The van der Waals surface area contributed by atoms with Crippen molar-refractivity contribution in [1.29, 1.82) is 0 Å². The molecule has 0 aliphatic carbocycles. The number of ether oxygens (including phenoxy) is 1. The van der Waals surface area contributed by atoms with E-state index in [1.807, 2.05) is 4.90 Å². The fraction of sp³-hybridized carbons (Fsp3) is 0.611. The first-order valence-corrected chi connectivity index (χ1v) is 9.14. The topological polar surface area (TPSA) is 62.7 Å². The van der Waals surface area contributed by atoms with Crippen molar-refractivity contribution in [2.45, 2.75) is 25.7 Å². The van der Waals surface area contributed by atoms with Gasteiger partial charge in [-0.25, -0.2) is 4.98 Å². The summed E-state index contributed by atoms with van der Waals surface area (Å²) >= 11 is 5.88. The van der Waals surface area contributed by atoms with Crippen LogP contribution in [0.3, 0.4) is 0 Å². The lowest BCUT2D eigenvalue weighted by Crippen LogP contribution is -2.54. The normalized spacial score (nSPS) is 20.2. The van der Waals surface area contributed by atoms with E-state index in [9.17, 15) is 9.59 Å². The third-order valence-corrected chi connectivity index (χ3v) is 5.54. The standard InChI is InChI=1S/C18H24ClN3O3/c1-25-13-12-22-9-3-6-18(17(22)24)7-10-21(11-8-18)16(23)14-4-2-5-15(19)20-14/h2,4-5H,3,6-13H2,1H3. The second-order valence-electron chi connectivity index (χ2n) is 6.81. The van der Waals surface area contributed by atoms with Gasteiger partial charge in [-0.05, 0) is 37.8 Å². The van der Waals surface area contributed by atoms with Gasteiger partial charge in [-0.1, -0.05) is 17.7 Å². The van der Waals surface area contributed by atoms with E-state index in [-0.39, 0.29) is 17.2 Å². The first-order valence-electron chi connectivity index (χ1n) is 8.76. The molecular weight excluding hydrogens is 342 g/mol. The lowest BCUT2D eigenvalue weighted by atomic mass is 9.71. The Morgan fingerprint density at radius 2 is 2.04 bits per heavy atom. The molecule has 0 aromatic carbocycles. The quantitative estimate of drug-likeness (QED) is 0.767. The molecule has 0 saturated carbocycles. The van der Waals surface area contributed by atoms with Crippen molar-refractivity contribution in [1.82, 2.24) is 14.8 Å². The molecule has 25 heavy (non-hydrogen) atoms. The van der Waals surface area contributed by atoms with Crippen LogP contribution in [-0.4, -0.2) is 66.5 Å². The van der Waals surface area contributed by atoms with Crippen molar-refractivity contribution in [2.75, 3.05) is 39.9 Å². The summed E-state index contributed by atoms with van der Waals surface area (Å²) in [6.45, 7) is 3.17. The number of likely N-dealkylation sites (tertiary alicyclic amines) is 2. The molecule has 1 aromatic heterocycles. The number of nitrogens with zero attached hydrogens (tertiary/aromatic N) is 3. The molecule has 7 heteroatoms. The lowest BCUT2D eigenvalue weighted by Gasteiger charge is -2.46. The number of rotatable bonds is 4. The molecule has 1 aromatic rings. The summed E-state index contributed by atoms with van der Waals surface area (Å²) in [7, 11) is 1.65. The molecule has 3 rings (SSSR count). The van der Waals surface area contributed by atoms with Crippen LogP contribution >= 0.6 is 11.6 Å². The van der Waals surface area contributed by atoms with Crippen LogP contribution in [0.4, 0.5) is 0 Å². The number of hydrogen-bond acceptors (Lipinski definition) is 4. The molecule has 6 nitrogen and oxygen atoms in total. The van der Waals surface area contributed by atoms with Gasteiger partial charge in [0.25, 0.3) is 5.91 Å². The van der Waals surface area contributed by atoms with Crippen LogP contribution in [0, 0.1) is 5.41 Å². The van der Waals surface area contributed by atoms with Crippen molar-refractivity contribution >= 4 is 23.4 Å². The zero-order chi connectivity index (χ0) is 17.9. The Balaban J connectivity index is 1.64. The number of piperidine rings is 2. The van der Waals surface area contributed by atoms with Crippen LogP contribution in [0.5, 0.6) is 0 Å². The molecule has 2 fully saturated rings. The van der Waals surface area contributed by atoms with E-state index in [1.54, 1.807) is 30.2 Å². The number of carbonyl (C=O) groups excluding carboxylic acids is 2. The molecule has 0 bridgehead atoms. The third kappa shape index (κ3) is 3.80. The third-order valence-electron chi connectivity index (χ3n) is 5.33. The molecule has 3 heterocycles. The van der Waals surface area contributed by atoms with E-state index in [1.165, 1.54) is 0 Å². The van der Waals surface area contributed by atoms with Crippen LogP contribution in [-0.2, 0) is 9.53 Å². The molecule has 136 valence electrons. The van der Waals surface area contributed by atoms with Crippen molar-refractivity contribution in [3.05, 3.63) is 29.0 Å². The van der Waals surface area contributed by atoms with E-state index >= 15 is 0 Å². The second-order valence-corrected chi connectivity index (χ2v) is 7.19. The van der Waals surface area contributed by atoms with Crippen LogP contribution in [0.25, 0.3) is 0 Å². The monoisotopic (exact) mass is 365 g/mol. The maximum absolute atomic E-state index is 12.9. The van der Waals surface area contributed by atoms with Gasteiger partial charge in [-0.2, -0.15) is 0 Å². The molecule has 2 aliphatic rings. The molecule has 2 aliphatic heterocycles. The number of methoxy groups -OCH3 is 1. The van der Waals surface area contributed by atoms with Gasteiger partial charge in [0, 0.05) is 33.3 Å². The molecular formula is C18H24ClN3O3. The van der Waals surface area contributed by atoms with E-state index in [4.69, 9.17) is 16.3 Å². The minimum absolute atomic E-state index is 0.114. The SMILES string of the molecule is COCCN1CCCC2(CCN(C(=O)c3cccc(Cl)n3)CC2)C1=O. The highest BCUT2D eigenvalue weighted by Gasteiger charge is 2.46. The van der Waals surface area contributed by atoms with Gasteiger partial charge < -0.3 is 14.5 Å². The van der Waals surface area contributed by atoms with Gasteiger partial charge in [0.05, 0.1) is 12.0 Å². The first kappa shape index (κ1) is 18.1. The number of pyridine rings is 1. The Morgan fingerprint density at radius 3 is 2.72 bits per heavy atom. The number of amides is 2. The Hall–Kier alpha value is -1.66. The Morgan fingerprint density at radius 1 is 1.28 bits per heavy atom. The number of hydrogen-bond donors (Lipinski definition) is 0. The summed E-state index contributed by atoms with van der Waals surface area (Å²) in [5, 5.41) is 0.315. The lowest BCUT2D eigenvalue weighted by molar-refractivity contribution is -0.150. The van der Waals surface area contributed by atoms with Gasteiger partial charge in [-0.3, -0.25) is 9.59 Å². The Labute approximate surface area is 153 Å². The predicted octanol–water partition coefficient (Wildman–Crippen LogP) is 2.23. The maximum Gasteiger partial charge on any atom is 0.272 e. The average molecular weight is 366 g/mol. The molecule has 1 spiro atoms. The Bertz CT molecular complexity index is 644. The van der Waals surface area contributed by atoms with Crippen LogP contribution < -0.4 is 0 Å². The summed E-state index contributed by atoms with van der Waals surface area (Å²) in [6, 6.07) is 5.06. The summed E-state index contributed by atoms with van der Waals surface area (Å²) < 4.78 is 5.11. The minimum Gasteiger partial charge on any atom is -0.383 e.